The Kier molecular flexibility index (Phi) is 11.3. The van der Waals surface area contributed by atoms with E-state index in [1.54, 1.807) is 0 Å². The van der Waals surface area contributed by atoms with E-state index in [-0.39, 0.29) is 0 Å². The molecule has 0 aromatic heterocycles. The summed E-state index contributed by atoms with van der Waals surface area (Å²) in [6, 6.07) is 0. The summed E-state index contributed by atoms with van der Waals surface area (Å²) in [6.45, 7) is 17.3. The van der Waals surface area contributed by atoms with Crippen LogP contribution >= 0.6 is 0 Å². The van der Waals surface area contributed by atoms with E-state index in [2.05, 4.69) is 53.8 Å². The van der Waals surface area contributed by atoms with Gasteiger partial charge in [0, 0.05) is 0 Å². The summed E-state index contributed by atoms with van der Waals surface area (Å²) in [5.41, 5.74) is 0.882. The smallest absolute Gasteiger partial charge is 0.00519 e. The lowest BCUT2D eigenvalue weighted by molar-refractivity contribution is 0.116. The lowest BCUT2D eigenvalue weighted by Crippen LogP contribution is -2.29. The summed E-state index contributed by atoms with van der Waals surface area (Å²) in [6.07, 6.45) is 6.61. The summed E-state index contributed by atoms with van der Waals surface area (Å²) in [5.74, 6) is 0. The molecule has 17 heavy (non-hydrogen) atoms. The first-order valence-electron chi connectivity index (χ1n) is 7.37. The predicted molar refractivity (Wildman–Crippen MR) is 81.6 cm³/mol. The minimum atomic E-state index is 0.423. The van der Waals surface area contributed by atoms with Crippen LogP contribution in [0.5, 0.6) is 0 Å². The first-order valence-corrected chi connectivity index (χ1v) is 7.37. The van der Waals surface area contributed by atoms with Gasteiger partial charge in [-0.25, -0.2) is 0 Å². The summed E-state index contributed by atoms with van der Waals surface area (Å²) in [4.78, 5) is 0. The molecule has 0 spiro atoms. The lowest BCUT2D eigenvalue weighted by Gasteiger charge is -2.39. The summed E-state index contributed by atoms with van der Waals surface area (Å²) < 4.78 is 0. The highest BCUT2D eigenvalue weighted by molar-refractivity contribution is 4.82. The molecule has 0 aliphatic heterocycles. The highest BCUT2D eigenvalue weighted by Crippen LogP contribution is 2.41. The van der Waals surface area contributed by atoms with E-state index in [1.165, 1.54) is 32.1 Å². The predicted octanol–water partition coefficient (Wildman–Crippen LogP) is 5.25. The van der Waals surface area contributed by atoms with Crippen molar-refractivity contribution in [2.75, 3.05) is 13.6 Å². The molecule has 0 rings (SSSR count). The minimum Gasteiger partial charge on any atom is -0.320 e. The van der Waals surface area contributed by atoms with E-state index in [9.17, 15) is 0 Å². The fourth-order valence-electron chi connectivity index (χ4n) is 1.24. The standard InChI is InChI=1S/C12H27N.C4H10/c1-11(2,3)12(4,5)9-7-8-10-13-6;1-3-4-2/h13H,7-10H2,1-6H3;3-4H2,1-2H3. The maximum absolute atomic E-state index is 3.19. The molecule has 0 aromatic rings. The zero-order valence-corrected chi connectivity index (χ0v) is 13.7. The van der Waals surface area contributed by atoms with Gasteiger partial charge < -0.3 is 5.32 Å². The largest absolute Gasteiger partial charge is 0.320 e. The fourth-order valence-corrected chi connectivity index (χ4v) is 1.24. The Morgan fingerprint density at radius 3 is 1.59 bits per heavy atom. The molecule has 1 N–H and O–H groups in total. The Morgan fingerprint density at radius 1 is 0.824 bits per heavy atom. The second-order valence-corrected chi connectivity index (χ2v) is 6.69. The third-order valence-corrected chi connectivity index (χ3v) is 4.01. The summed E-state index contributed by atoms with van der Waals surface area (Å²) in [7, 11) is 2.02. The van der Waals surface area contributed by atoms with Gasteiger partial charge in [0.25, 0.3) is 0 Å². The number of unbranched alkanes of at least 4 members (excludes halogenated alkanes) is 2. The van der Waals surface area contributed by atoms with Crippen molar-refractivity contribution in [3.8, 4) is 0 Å². The first-order chi connectivity index (χ1) is 7.72. The van der Waals surface area contributed by atoms with Gasteiger partial charge in [0.05, 0.1) is 0 Å². The minimum absolute atomic E-state index is 0.423. The molecule has 0 fully saturated rings. The van der Waals surface area contributed by atoms with Gasteiger partial charge in [-0.05, 0) is 37.3 Å². The summed E-state index contributed by atoms with van der Waals surface area (Å²) >= 11 is 0. The van der Waals surface area contributed by atoms with Crippen molar-refractivity contribution >= 4 is 0 Å². The average Bonchev–Trinajstić information content (AvgIpc) is 2.23. The molecule has 1 nitrogen and oxygen atoms in total. The zero-order valence-electron chi connectivity index (χ0n) is 13.7. The van der Waals surface area contributed by atoms with Gasteiger partial charge in [0.1, 0.15) is 0 Å². The Labute approximate surface area is 111 Å². The van der Waals surface area contributed by atoms with E-state index in [1.807, 2.05) is 7.05 Å². The van der Waals surface area contributed by atoms with Crippen LogP contribution in [0.15, 0.2) is 0 Å². The molecule has 0 aliphatic carbocycles. The molecule has 0 heterocycles. The highest BCUT2D eigenvalue weighted by Gasteiger charge is 2.31. The van der Waals surface area contributed by atoms with Gasteiger partial charge in [-0.15, -0.1) is 0 Å². The van der Waals surface area contributed by atoms with Gasteiger partial charge in [-0.3, -0.25) is 0 Å². The van der Waals surface area contributed by atoms with Crippen LogP contribution in [0.25, 0.3) is 0 Å². The zero-order chi connectivity index (χ0) is 13.9. The van der Waals surface area contributed by atoms with Crippen molar-refractivity contribution in [3.63, 3.8) is 0 Å². The Hall–Kier alpha value is -0.0400. The third kappa shape index (κ3) is 10.8. The van der Waals surface area contributed by atoms with Crippen LogP contribution in [-0.4, -0.2) is 13.6 Å². The molecule has 0 atom stereocenters. The van der Waals surface area contributed by atoms with E-state index in [0.29, 0.717) is 10.8 Å². The Balaban J connectivity index is 0. The van der Waals surface area contributed by atoms with Crippen molar-refractivity contribution in [2.24, 2.45) is 10.8 Å². The van der Waals surface area contributed by atoms with Crippen LogP contribution in [0.2, 0.25) is 0 Å². The third-order valence-electron chi connectivity index (χ3n) is 4.01. The normalized spacial score (nSPS) is 12.0. The molecule has 0 aliphatic rings. The molecule has 0 bridgehead atoms. The maximum Gasteiger partial charge on any atom is -0.00519 e. The molecule has 106 valence electrons. The van der Waals surface area contributed by atoms with Crippen molar-refractivity contribution in [2.45, 2.75) is 80.6 Å². The van der Waals surface area contributed by atoms with Crippen molar-refractivity contribution in [1.29, 1.82) is 0 Å². The molecule has 0 saturated carbocycles. The average molecular weight is 243 g/mol. The van der Waals surface area contributed by atoms with Crippen LogP contribution in [0.1, 0.15) is 80.6 Å². The van der Waals surface area contributed by atoms with E-state index < -0.39 is 0 Å². The van der Waals surface area contributed by atoms with Crippen LogP contribution < -0.4 is 5.32 Å². The number of nitrogens with one attached hydrogen (secondary N) is 1. The van der Waals surface area contributed by atoms with Crippen LogP contribution in [-0.2, 0) is 0 Å². The molecular weight excluding hydrogens is 206 g/mol. The number of rotatable bonds is 6. The molecule has 0 aromatic carbocycles. The monoisotopic (exact) mass is 243 g/mol. The topological polar surface area (TPSA) is 12.0 Å². The maximum atomic E-state index is 3.19. The molecule has 1 heteroatoms. The second-order valence-electron chi connectivity index (χ2n) is 6.69. The van der Waals surface area contributed by atoms with Gasteiger partial charge in [0.2, 0.25) is 0 Å². The summed E-state index contributed by atoms with van der Waals surface area (Å²) in [5, 5.41) is 3.19. The second kappa shape index (κ2) is 9.94. The molecular formula is C16H37N. The molecule has 0 radical (unpaired) electrons. The van der Waals surface area contributed by atoms with Crippen LogP contribution in [0.3, 0.4) is 0 Å². The van der Waals surface area contributed by atoms with Gasteiger partial charge in [-0.1, -0.05) is 67.7 Å². The Morgan fingerprint density at radius 2 is 1.29 bits per heavy atom. The van der Waals surface area contributed by atoms with Gasteiger partial charge in [0.15, 0.2) is 0 Å². The first kappa shape index (κ1) is 19.3. The molecule has 0 amide bonds. The quantitative estimate of drug-likeness (QED) is 0.628. The van der Waals surface area contributed by atoms with Crippen molar-refractivity contribution in [1.82, 2.24) is 5.32 Å². The van der Waals surface area contributed by atoms with Gasteiger partial charge >= 0.3 is 0 Å². The highest BCUT2D eigenvalue weighted by atomic mass is 14.8. The lowest BCUT2D eigenvalue weighted by atomic mass is 9.67. The van der Waals surface area contributed by atoms with Crippen LogP contribution in [0.4, 0.5) is 0 Å². The van der Waals surface area contributed by atoms with Crippen molar-refractivity contribution in [3.05, 3.63) is 0 Å². The number of hydrogen-bond acceptors (Lipinski definition) is 1. The Bertz CT molecular complexity index is 151. The van der Waals surface area contributed by atoms with E-state index in [0.717, 1.165) is 6.54 Å². The van der Waals surface area contributed by atoms with Gasteiger partial charge in [-0.2, -0.15) is 0 Å². The SMILES string of the molecule is CCCC.CNCCCCC(C)(C)C(C)(C)C. The van der Waals surface area contributed by atoms with E-state index in [4.69, 9.17) is 0 Å². The van der Waals surface area contributed by atoms with E-state index >= 15 is 0 Å². The number of hydrogen-bond donors (Lipinski definition) is 1. The van der Waals surface area contributed by atoms with Crippen LogP contribution in [0, 0.1) is 10.8 Å². The fraction of sp³-hybridized carbons (Fsp3) is 1.00. The molecule has 0 saturated heterocycles. The van der Waals surface area contributed by atoms with Crippen molar-refractivity contribution < 1.29 is 0 Å². The molecule has 0 unspecified atom stereocenters.